The largest absolute Gasteiger partial charge is 0.456 e. The van der Waals surface area contributed by atoms with Crippen LogP contribution < -0.4 is 5.73 Å². The molecule has 0 atom stereocenters. The molecule has 20 heavy (non-hydrogen) atoms. The molecule has 1 aromatic carbocycles. The number of carbonyl (C=O) groups excluding carboxylic acids is 1. The lowest BCUT2D eigenvalue weighted by Crippen LogP contribution is -2.11. The summed E-state index contributed by atoms with van der Waals surface area (Å²) < 4.78 is 7.06. The van der Waals surface area contributed by atoms with E-state index in [1.54, 1.807) is 22.9 Å². The molecule has 2 rings (SSSR count). The molecule has 106 valence electrons. The molecule has 5 nitrogen and oxygen atoms in total. The van der Waals surface area contributed by atoms with E-state index in [2.05, 4.69) is 5.10 Å². The third-order valence-corrected chi connectivity index (χ3v) is 3.20. The van der Waals surface area contributed by atoms with Crippen molar-refractivity contribution in [2.24, 2.45) is 0 Å². The Bertz CT molecular complexity index is 617. The molecular weight excluding hydrogens is 278 g/mol. The molecule has 0 fully saturated rings. The predicted molar refractivity (Wildman–Crippen MR) is 77.6 cm³/mol. The van der Waals surface area contributed by atoms with Crippen LogP contribution in [0.25, 0.3) is 0 Å². The molecule has 2 N–H and O–H groups in total. The Morgan fingerprint density at radius 1 is 1.50 bits per heavy atom. The van der Waals surface area contributed by atoms with Crippen molar-refractivity contribution in [3.8, 4) is 0 Å². The summed E-state index contributed by atoms with van der Waals surface area (Å²) >= 11 is 5.97. The average Bonchev–Trinajstić information content (AvgIpc) is 2.76. The maximum Gasteiger partial charge on any atom is 0.342 e. The lowest BCUT2D eigenvalue weighted by molar-refractivity contribution is 0.0464. The van der Waals surface area contributed by atoms with Crippen molar-refractivity contribution in [3.05, 3.63) is 46.2 Å². The number of halogens is 1. The number of hydrogen-bond donors (Lipinski definition) is 1. The van der Waals surface area contributed by atoms with Gasteiger partial charge >= 0.3 is 5.97 Å². The topological polar surface area (TPSA) is 70.1 Å². The first kappa shape index (κ1) is 14.4. The van der Waals surface area contributed by atoms with Gasteiger partial charge in [0, 0.05) is 12.2 Å². The second-order valence-electron chi connectivity index (χ2n) is 4.37. The van der Waals surface area contributed by atoms with Crippen molar-refractivity contribution in [1.29, 1.82) is 0 Å². The summed E-state index contributed by atoms with van der Waals surface area (Å²) in [7, 11) is 0. The van der Waals surface area contributed by atoms with E-state index in [1.807, 2.05) is 19.9 Å². The predicted octanol–water partition coefficient (Wildman–Crippen LogP) is 2.80. The number of aryl methyl sites for hydroxylation is 2. The number of ether oxygens (including phenoxy) is 1. The SMILES string of the molecule is CCn1nc(C)cc1COC(=O)c1c(N)cccc1Cl. The van der Waals surface area contributed by atoms with Gasteiger partial charge in [-0.1, -0.05) is 17.7 Å². The van der Waals surface area contributed by atoms with Gasteiger partial charge in [-0.3, -0.25) is 4.68 Å². The normalized spacial score (nSPS) is 10.6. The van der Waals surface area contributed by atoms with Gasteiger partial charge in [0.15, 0.2) is 0 Å². The highest BCUT2D eigenvalue weighted by atomic mass is 35.5. The number of carbonyl (C=O) groups is 1. The fourth-order valence-corrected chi connectivity index (χ4v) is 2.22. The van der Waals surface area contributed by atoms with E-state index in [0.717, 1.165) is 17.9 Å². The van der Waals surface area contributed by atoms with Gasteiger partial charge in [-0.2, -0.15) is 5.10 Å². The van der Waals surface area contributed by atoms with Crippen LogP contribution in [-0.2, 0) is 17.9 Å². The summed E-state index contributed by atoms with van der Waals surface area (Å²) in [4.78, 5) is 12.0. The van der Waals surface area contributed by atoms with Crippen molar-refractivity contribution in [2.45, 2.75) is 27.0 Å². The van der Waals surface area contributed by atoms with Crippen molar-refractivity contribution in [1.82, 2.24) is 9.78 Å². The molecule has 0 aliphatic heterocycles. The van der Waals surface area contributed by atoms with Crippen LogP contribution in [0, 0.1) is 6.92 Å². The van der Waals surface area contributed by atoms with Crippen LogP contribution in [0.15, 0.2) is 24.3 Å². The Morgan fingerprint density at radius 3 is 2.90 bits per heavy atom. The van der Waals surface area contributed by atoms with Crippen LogP contribution in [0.4, 0.5) is 5.69 Å². The molecular formula is C14H16ClN3O2. The molecule has 1 aromatic heterocycles. The van der Waals surface area contributed by atoms with Crippen LogP contribution >= 0.6 is 11.6 Å². The molecule has 0 aliphatic rings. The number of nitrogen functional groups attached to an aromatic ring is 1. The molecule has 1 heterocycles. The fraction of sp³-hybridized carbons (Fsp3) is 0.286. The molecule has 0 amide bonds. The van der Waals surface area contributed by atoms with Crippen molar-refractivity contribution < 1.29 is 9.53 Å². The highest BCUT2D eigenvalue weighted by Crippen LogP contribution is 2.23. The summed E-state index contributed by atoms with van der Waals surface area (Å²) in [5.74, 6) is -0.533. The van der Waals surface area contributed by atoms with Gasteiger partial charge in [0.2, 0.25) is 0 Å². The Hall–Kier alpha value is -2.01. The van der Waals surface area contributed by atoms with Gasteiger partial charge in [0.05, 0.1) is 16.4 Å². The second-order valence-corrected chi connectivity index (χ2v) is 4.78. The van der Waals surface area contributed by atoms with E-state index in [1.165, 1.54) is 0 Å². The van der Waals surface area contributed by atoms with E-state index in [0.29, 0.717) is 5.69 Å². The van der Waals surface area contributed by atoms with Crippen LogP contribution in [0.1, 0.15) is 28.7 Å². The standard InChI is InChI=1S/C14H16ClN3O2/c1-3-18-10(7-9(2)17-18)8-20-14(19)13-11(15)5-4-6-12(13)16/h4-7H,3,8,16H2,1-2H3. The number of nitrogens with two attached hydrogens (primary N) is 1. The third-order valence-electron chi connectivity index (χ3n) is 2.89. The van der Waals surface area contributed by atoms with Gasteiger partial charge in [0.1, 0.15) is 12.2 Å². The minimum Gasteiger partial charge on any atom is -0.456 e. The summed E-state index contributed by atoms with van der Waals surface area (Å²) in [5.41, 5.74) is 7.98. The van der Waals surface area contributed by atoms with E-state index in [4.69, 9.17) is 22.1 Å². The number of anilines is 1. The van der Waals surface area contributed by atoms with Crippen molar-refractivity contribution in [2.75, 3.05) is 5.73 Å². The van der Waals surface area contributed by atoms with Gasteiger partial charge in [0.25, 0.3) is 0 Å². The molecule has 0 aliphatic carbocycles. The summed E-state index contributed by atoms with van der Waals surface area (Å²) in [6.07, 6.45) is 0. The molecule has 6 heteroatoms. The van der Waals surface area contributed by atoms with Gasteiger partial charge in [-0.15, -0.1) is 0 Å². The number of hydrogen-bond acceptors (Lipinski definition) is 4. The minimum absolute atomic E-state index is 0.137. The van der Waals surface area contributed by atoms with Gasteiger partial charge < -0.3 is 10.5 Å². The number of benzene rings is 1. The Labute approximate surface area is 122 Å². The molecule has 0 bridgehead atoms. The highest BCUT2D eigenvalue weighted by molar-refractivity contribution is 6.34. The first-order chi connectivity index (χ1) is 9.52. The molecule has 0 saturated heterocycles. The quantitative estimate of drug-likeness (QED) is 0.695. The Kier molecular flexibility index (Phi) is 4.29. The zero-order valence-corrected chi connectivity index (χ0v) is 12.1. The Balaban J connectivity index is 2.13. The smallest absolute Gasteiger partial charge is 0.342 e. The van der Waals surface area contributed by atoms with Crippen LogP contribution in [0.5, 0.6) is 0 Å². The van der Waals surface area contributed by atoms with Crippen molar-refractivity contribution >= 4 is 23.3 Å². The molecule has 0 saturated carbocycles. The number of rotatable bonds is 4. The lowest BCUT2D eigenvalue weighted by Gasteiger charge is -2.09. The monoisotopic (exact) mass is 293 g/mol. The van der Waals surface area contributed by atoms with Gasteiger partial charge in [-0.25, -0.2) is 4.79 Å². The van der Waals surface area contributed by atoms with Crippen LogP contribution in [0.3, 0.4) is 0 Å². The highest BCUT2D eigenvalue weighted by Gasteiger charge is 2.16. The molecule has 0 unspecified atom stereocenters. The van der Waals surface area contributed by atoms with Crippen molar-refractivity contribution in [3.63, 3.8) is 0 Å². The minimum atomic E-state index is -0.533. The van der Waals surface area contributed by atoms with E-state index in [-0.39, 0.29) is 17.2 Å². The first-order valence-corrected chi connectivity index (χ1v) is 6.65. The second kappa shape index (κ2) is 5.96. The summed E-state index contributed by atoms with van der Waals surface area (Å²) in [5, 5.41) is 4.58. The zero-order chi connectivity index (χ0) is 14.7. The number of esters is 1. The zero-order valence-electron chi connectivity index (χ0n) is 11.4. The maximum absolute atomic E-state index is 12.0. The third kappa shape index (κ3) is 2.93. The number of aromatic nitrogens is 2. The maximum atomic E-state index is 12.0. The Morgan fingerprint density at radius 2 is 2.25 bits per heavy atom. The average molecular weight is 294 g/mol. The molecule has 0 spiro atoms. The van der Waals surface area contributed by atoms with E-state index < -0.39 is 5.97 Å². The first-order valence-electron chi connectivity index (χ1n) is 6.27. The van der Waals surface area contributed by atoms with Crippen LogP contribution in [-0.4, -0.2) is 15.7 Å². The number of nitrogens with zero attached hydrogens (tertiary/aromatic N) is 2. The lowest BCUT2D eigenvalue weighted by atomic mass is 10.2. The van der Waals surface area contributed by atoms with E-state index in [9.17, 15) is 4.79 Å². The molecule has 2 aromatic rings. The fourth-order valence-electron chi connectivity index (χ4n) is 1.96. The van der Waals surface area contributed by atoms with Gasteiger partial charge in [-0.05, 0) is 32.0 Å². The molecule has 0 radical (unpaired) electrons. The summed E-state index contributed by atoms with van der Waals surface area (Å²) in [6.45, 7) is 4.72. The van der Waals surface area contributed by atoms with Crippen LogP contribution in [0.2, 0.25) is 5.02 Å². The van der Waals surface area contributed by atoms with E-state index >= 15 is 0 Å². The summed E-state index contributed by atoms with van der Waals surface area (Å²) in [6, 6.07) is 6.79.